The number of ether oxygens (including phenoxy) is 1. The Balaban J connectivity index is 1.96. The van der Waals surface area contributed by atoms with Gasteiger partial charge in [-0.1, -0.05) is 26.7 Å². The molecule has 0 bridgehead atoms. The van der Waals surface area contributed by atoms with Crippen molar-refractivity contribution in [2.75, 3.05) is 32.9 Å². The second-order valence-corrected chi connectivity index (χ2v) is 7.41. The molecule has 2 fully saturated rings. The van der Waals surface area contributed by atoms with Gasteiger partial charge in [0, 0.05) is 24.6 Å². The van der Waals surface area contributed by atoms with Crippen molar-refractivity contribution >= 4 is 0 Å². The highest BCUT2D eigenvalue weighted by atomic mass is 16.5. The van der Waals surface area contributed by atoms with Crippen LogP contribution < -0.4 is 0 Å². The lowest BCUT2D eigenvalue weighted by Crippen LogP contribution is -2.48. The molecule has 2 rings (SSSR count). The first-order valence-electron chi connectivity index (χ1n) is 8.58. The predicted octanol–water partition coefficient (Wildman–Crippen LogP) is 3.07. The SMILES string of the molecule is CC(C)CCN(CC1(CO)CCCOC1)C1CCCC1. The number of hydrogen-bond acceptors (Lipinski definition) is 3. The number of hydrogen-bond donors (Lipinski definition) is 1. The zero-order chi connectivity index (χ0) is 14.4. The molecule has 1 atom stereocenters. The van der Waals surface area contributed by atoms with Gasteiger partial charge in [0.05, 0.1) is 13.2 Å². The molecule has 0 aromatic rings. The zero-order valence-corrected chi connectivity index (χ0v) is 13.4. The van der Waals surface area contributed by atoms with Gasteiger partial charge in [0.1, 0.15) is 0 Å². The lowest BCUT2D eigenvalue weighted by Gasteiger charge is -2.42. The Bertz CT molecular complexity index is 268. The van der Waals surface area contributed by atoms with Gasteiger partial charge >= 0.3 is 0 Å². The van der Waals surface area contributed by atoms with Crippen LogP contribution in [0.5, 0.6) is 0 Å². The summed E-state index contributed by atoms with van der Waals surface area (Å²) in [5, 5.41) is 9.90. The van der Waals surface area contributed by atoms with Crippen LogP contribution in [0.1, 0.15) is 58.8 Å². The number of aliphatic hydroxyl groups is 1. The molecule has 1 N–H and O–H groups in total. The van der Waals surface area contributed by atoms with Crippen molar-refractivity contribution in [2.24, 2.45) is 11.3 Å². The fourth-order valence-corrected chi connectivity index (χ4v) is 3.72. The maximum Gasteiger partial charge on any atom is 0.0556 e. The maximum absolute atomic E-state index is 9.90. The van der Waals surface area contributed by atoms with E-state index in [1.807, 2.05) is 0 Å². The smallest absolute Gasteiger partial charge is 0.0556 e. The second-order valence-electron chi connectivity index (χ2n) is 7.41. The minimum atomic E-state index is -0.00216. The Kier molecular flexibility index (Phi) is 6.31. The molecule has 0 aromatic carbocycles. The average molecular weight is 283 g/mol. The number of aliphatic hydroxyl groups excluding tert-OH is 1. The Morgan fingerprint density at radius 3 is 2.55 bits per heavy atom. The lowest BCUT2D eigenvalue weighted by molar-refractivity contribution is -0.0612. The Hall–Kier alpha value is -0.120. The van der Waals surface area contributed by atoms with E-state index in [-0.39, 0.29) is 12.0 Å². The molecular formula is C17H33NO2. The third-order valence-corrected chi connectivity index (χ3v) is 5.11. The summed E-state index contributed by atoms with van der Waals surface area (Å²) in [4.78, 5) is 2.68. The molecule has 0 spiro atoms. The van der Waals surface area contributed by atoms with Crippen molar-refractivity contribution < 1.29 is 9.84 Å². The summed E-state index contributed by atoms with van der Waals surface area (Å²) in [6.45, 7) is 8.71. The van der Waals surface area contributed by atoms with E-state index in [1.54, 1.807) is 0 Å². The summed E-state index contributed by atoms with van der Waals surface area (Å²) >= 11 is 0. The van der Waals surface area contributed by atoms with E-state index in [9.17, 15) is 5.11 Å². The first-order valence-corrected chi connectivity index (χ1v) is 8.58. The van der Waals surface area contributed by atoms with E-state index in [4.69, 9.17) is 4.74 Å². The van der Waals surface area contributed by atoms with Crippen LogP contribution in [0.3, 0.4) is 0 Å². The molecule has 1 saturated heterocycles. The highest BCUT2D eigenvalue weighted by Crippen LogP contribution is 2.33. The molecule has 1 unspecified atom stereocenters. The van der Waals surface area contributed by atoms with E-state index in [0.717, 1.165) is 44.6 Å². The molecule has 118 valence electrons. The molecule has 1 aliphatic heterocycles. The van der Waals surface area contributed by atoms with Gasteiger partial charge in [-0.3, -0.25) is 4.90 Å². The van der Waals surface area contributed by atoms with Gasteiger partial charge in [-0.25, -0.2) is 0 Å². The second kappa shape index (κ2) is 7.77. The Labute approximate surface area is 124 Å². The quantitative estimate of drug-likeness (QED) is 0.779. The fraction of sp³-hybridized carbons (Fsp3) is 1.00. The fourth-order valence-electron chi connectivity index (χ4n) is 3.72. The van der Waals surface area contributed by atoms with Crippen molar-refractivity contribution in [3.8, 4) is 0 Å². The molecule has 2 aliphatic rings. The van der Waals surface area contributed by atoms with E-state index < -0.39 is 0 Å². The van der Waals surface area contributed by atoms with Crippen LogP contribution >= 0.6 is 0 Å². The van der Waals surface area contributed by atoms with Crippen molar-refractivity contribution in [2.45, 2.75) is 64.8 Å². The largest absolute Gasteiger partial charge is 0.396 e. The minimum Gasteiger partial charge on any atom is -0.396 e. The molecule has 3 nitrogen and oxygen atoms in total. The summed E-state index contributed by atoms with van der Waals surface area (Å²) in [6, 6.07) is 0.749. The highest BCUT2D eigenvalue weighted by molar-refractivity contribution is 4.88. The molecule has 1 saturated carbocycles. The Morgan fingerprint density at radius 1 is 1.25 bits per heavy atom. The zero-order valence-electron chi connectivity index (χ0n) is 13.4. The summed E-state index contributed by atoms with van der Waals surface area (Å²) in [7, 11) is 0. The molecular weight excluding hydrogens is 250 g/mol. The Morgan fingerprint density at radius 2 is 2.00 bits per heavy atom. The molecule has 1 heterocycles. The van der Waals surface area contributed by atoms with E-state index in [1.165, 1.54) is 38.6 Å². The monoisotopic (exact) mass is 283 g/mol. The standard InChI is InChI=1S/C17H33NO2/c1-15(2)8-10-18(16-6-3-4-7-16)12-17(13-19)9-5-11-20-14-17/h15-16,19H,3-14H2,1-2H3. The molecule has 3 heteroatoms. The number of rotatable bonds is 7. The summed E-state index contributed by atoms with van der Waals surface area (Å²) < 4.78 is 5.68. The molecule has 20 heavy (non-hydrogen) atoms. The highest BCUT2D eigenvalue weighted by Gasteiger charge is 2.36. The van der Waals surface area contributed by atoms with Gasteiger partial charge in [-0.15, -0.1) is 0 Å². The van der Waals surface area contributed by atoms with Crippen LogP contribution in [-0.2, 0) is 4.74 Å². The van der Waals surface area contributed by atoms with Crippen LogP contribution in [-0.4, -0.2) is 49.0 Å². The third-order valence-electron chi connectivity index (χ3n) is 5.11. The van der Waals surface area contributed by atoms with Crippen LogP contribution in [0.2, 0.25) is 0 Å². The molecule has 0 aromatic heterocycles. The van der Waals surface area contributed by atoms with Gasteiger partial charge in [-0.05, 0) is 44.6 Å². The van der Waals surface area contributed by atoms with Crippen molar-refractivity contribution in [3.05, 3.63) is 0 Å². The minimum absolute atomic E-state index is 0.00216. The van der Waals surface area contributed by atoms with Crippen LogP contribution in [0.4, 0.5) is 0 Å². The summed E-state index contributed by atoms with van der Waals surface area (Å²) in [6.07, 6.45) is 8.94. The first-order chi connectivity index (χ1) is 9.65. The number of nitrogens with zero attached hydrogens (tertiary/aromatic N) is 1. The van der Waals surface area contributed by atoms with E-state index >= 15 is 0 Å². The van der Waals surface area contributed by atoms with Crippen molar-refractivity contribution in [1.29, 1.82) is 0 Å². The van der Waals surface area contributed by atoms with Gasteiger partial charge in [0.15, 0.2) is 0 Å². The van der Waals surface area contributed by atoms with E-state index in [0.29, 0.717) is 0 Å². The normalized spacial score (nSPS) is 28.6. The first kappa shape index (κ1) is 16.3. The molecule has 0 radical (unpaired) electrons. The van der Waals surface area contributed by atoms with Crippen molar-refractivity contribution in [3.63, 3.8) is 0 Å². The maximum atomic E-state index is 9.90. The molecule has 1 aliphatic carbocycles. The lowest BCUT2D eigenvalue weighted by atomic mass is 9.82. The summed E-state index contributed by atoms with van der Waals surface area (Å²) in [5.74, 6) is 0.756. The predicted molar refractivity (Wildman–Crippen MR) is 82.9 cm³/mol. The van der Waals surface area contributed by atoms with Crippen LogP contribution in [0.15, 0.2) is 0 Å². The van der Waals surface area contributed by atoms with Gasteiger partial charge in [0.25, 0.3) is 0 Å². The average Bonchev–Trinajstić information content (AvgIpc) is 2.98. The van der Waals surface area contributed by atoms with Gasteiger partial charge in [-0.2, -0.15) is 0 Å². The topological polar surface area (TPSA) is 32.7 Å². The van der Waals surface area contributed by atoms with Crippen LogP contribution in [0.25, 0.3) is 0 Å². The molecule has 0 amide bonds. The summed E-state index contributed by atoms with van der Waals surface area (Å²) in [5.41, 5.74) is -0.00216. The van der Waals surface area contributed by atoms with Crippen molar-refractivity contribution in [1.82, 2.24) is 4.90 Å². The van der Waals surface area contributed by atoms with Gasteiger partial charge in [0.2, 0.25) is 0 Å². The van der Waals surface area contributed by atoms with Crippen LogP contribution in [0, 0.1) is 11.3 Å². The third kappa shape index (κ3) is 4.44. The van der Waals surface area contributed by atoms with Gasteiger partial charge < -0.3 is 9.84 Å². The van der Waals surface area contributed by atoms with E-state index in [2.05, 4.69) is 18.7 Å².